The molecule has 2 fully saturated rings. The lowest BCUT2D eigenvalue weighted by molar-refractivity contribution is -0.160. The molecule has 2 saturated heterocycles. The van der Waals surface area contributed by atoms with E-state index < -0.39 is 17.5 Å². The van der Waals surface area contributed by atoms with E-state index in [9.17, 15) is 14.7 Å². The summed E-state index contributed by atoms with van der Waals surface area (Å²) in [6, 6.07) is -0.0487. The number of nitrogens with zero attached hydrogens (tertiary/aromatic N) is 1. The number of carbonyl (C=O) groups is 2. The minimum absolute atomic E-state index is 0.0487. The fraction of sp³-hybridized carbons (Fsp3) is 0.556. The van der Waals surface area contributed by atoms with Crippen LogP contribution in [0.3, 0.4) is 0 Å². The van der Waals surface area contributed by atoms with Crippen LogP contribution in [0.4, 0.5) is 0 Å². The summed E-state index contributed by atoms with van der Waals surface area (Å²) in [6.45, 7) is 8.53. The number of ether oxygens (including phenoxy) is 2. The zero-order valence-electron chi connectivity index (χ0n) is 14.1. The van der Waals surface area contributed by atoms with Gasteiger partial charge in [0.05, 0.1) is 6.04 Å². The first kappa shape index (κ1) is 16.9. The maximum absolute atomic E-state index is 12.5. The van der Waals surface area contributed by atoms with Gasteiger partial charge in [-0.2, -0.15) is 0 Å². The molecule has 0 amide bonds. The number of esters is 2. The van der Waals surface area contributed by atoms with Gasteiger partial charge in [0.25, 0.3) is 0 Å². The molecule has 1 N–H and O–H groups in total. The van der Waals surface area contributed by atoms with Gasteiger partial charge in [-0.3, -0.25) is 4.90 Å². The van der Waals surface area contributed by atoms with Crippen LogP contribution in [0, 0.1) is 0 Å². The maximum atomic E-state index is 12.5. The molecule has 3 rings (SSSR count). The van der Waals surface area contributed by atoms with Crippen molar-refractivity contribution in [2.75, 3.05) is 19.7 Å². The van der Waals surface area contributed by atoms with Gasteiger partial charge in [0, 0.05) is 25.1 Å². The van der Waals surface area contributed by atoms with Crippen molar-refractivity contribution in [2.24, 2.45) is 0 Å². The molecular weight excluding hydrogens is 310 g/mol. The fourth-order valence-electron chi connectivity index (χ4n) is 3.47. The predicted molar refractivity (Wildman–Crippen MR) is 87.0 cm³/mol. The van der Waals surface area contributed by atoms with Gasteiger partial charge in [0.2, 0.25) is 0 Å². The van der Waals surface area contributed by atoms with Crippen molar-refractivity contribution in [3.63, 3.8) is 0 Å². The molecule has 0 aliphatic carbocycles. The summed E-state index contributed by atoms with van der Waals surface area (Å²) in [5.74, 6) is -1.16. The molecule has 0 bridgehead atoms. The van der Waals surface area contributed by atoms with Crippen LogP contribution in [0.2, 0.25) is 0 Å². The second-order valence-electron chi connectivity index (χ2n) is 6.69. The van der Waals surface area contributed by atoms with Crippen molar-refractivity contribution in [1.29, 1.82) is 0 Å². The second-order valence-corrected chi connectivity index (χ2v) is 6.69. The Hall–Kier alpha value is -1.92. The van der Waals surface area contributed by atoms with Crippen LogP contribution < -0.4 is 0 Å². The number of rotatable bonds is 0. The quantitative estimate of drug-likeness (QED) is 0.407. The Morgan fingerprint density at radius 1 is 1.46 bits per heavy atom. The number of hydrogen-bond donors (Lipinski definition) is 1. The molecule has 0 aromatic rings. The highest BCUT2D eigenvalue weighted by Crippen LogP contribution is 2.33. The number of aliphatic hydroxyl groups is 1. The van der Waals surface area contributed by atoms with Crippen LogP contribution in [0.15, 0.2) is 35.5 Å². The van der Waals surface area contributed by atoms with Crippen LogP contribution in [0.1, 0.15) is 26.7 Å². The normalized spacial score (nSPS) is 36.5. The van der Waals surface area contributed by atoms with Crippen molar-refractivity contribution in [2.45, 2.75) is 44.4 Å². The highest BCUT2D eigenvalue weighted by Gasteiger charge is 2.44. The maximum Gasteiger partial charge on any atom is 0.342 e. The van der Waals surface area contributed by atoms with E-state index >= 15 is 0 Å². The SMILES string of the molecule is C=C1C/C(=C/C)C(=O)OC2CCN3CC=C(COC(=O)[C@]1(C)O)C23. The van der Waals surface area contributed by atoms with Gasteiger partial charge in [-0.15, -0.1) is 0 Å². The summed E-state index contributed by atoms with van der Waals surface area (Å²) >= 11 is 0. The molecule has 3 aliphatic heterocycles. The lowest BCUT2D eigenvalue weighted by atomic mass is 9.91. The molecule has 130 valence electrons. The van der Waals surface area contributed by atoms with E-state index in [1.165, 1.54) is 6.92 Å². The summed E-state index contributed by atoms with van der Waals surface area (Å²) in [6.07, 6.45) is 4.23. The summed E-state index contributed by atoms with van der Waals surface area (Å²) < 4.78 is 11.1. The van der Waals surface area contributed by atoms with Crippen molar-refractivity contribution in [3.8, 4) is 0 Å². The standard InChI is InChI=1S/C18H23NO5/c1-4-12-9-11(2)18(3,22)17(21)23-10-13-5-7-19-8-6-14(15(13)19)24-16(12)20/h4-5,14-15,22H,2,6-10H2,1,3H3/b12-4-/t14?,15?,18-/m1/s1. The average molecular weight is 333 g/mol. The zero-order chi connectivity index (χ0) is 17.5. The first-order chi connectivity index (χ1) is 11.3. The molecule has 2 unspecified atom stereocenters. The van der Waals surface area contributed by atoms with E-state index in [4.69, 9.17) is 9.47 Å². The van der Waals surface area contributed by atoms with Gasteiger partial charge < -0.3 is 14.6 Å². The molecule has 6 heteroatoms. The lowest BCUT2D eigenvalue weighted by Crippen LogP contribution is -2.42. The summed E-state index contributed by atoms with van der Waals surface area (Å²) in [5, 5.41) is 10.5. The first-order valence-electron chi connectivity index (χ1n) is 8.21. The first-order valence-corrected chi connectivity index (χ1v) is 8.21. The number of cyclic esters (lactones) is 1. The molecule has 6 nitrogen and oxygen atoms in total. The molecule has 0 saturated carbocycles. The summed E-state index contributed by atoms with van der Waals surface area (Å²) in [4.78, 5) is 27.0. The van der Waals surface area contributed by atoms with Gasteiger partial charge >= 0.3 is 11.9 Å². The molecular formula is C18H23NO5. The molecule has 0 radical (unpaired) electrons. The van der Waals surface area contributed by atoms with Crippen molar-refractivity contribution in [3.05, 3.63) is 35.5 Å². The minimum Gasteiger partial charge on any atom is -0.459 e. The van der Waals surface area contributed by atoms with Gasteiger partial charge in [0.1, 0.15) is 12.7 Å². The topological polar surface area (TPSA) is 76.1 Å². The van der Waals surface area contributed by atoms with E-state index in [-0.39, 0.29) is 30.7 Å². The van der Waals surface area contributed by atoms with Crippen molar-refractivity contribution in [1.82, 2.24) is 4.90 Å². The Morgan fingerprint density at radius 3 is 2.92 bits per heavy atom. The molecule has 3 aliphatic rings. The van der Waals surface area contributed by atoms with Crippen molar-refractivity contribution < 1.29 is 24.2 Å². The van der Waals surface area contributed by atoms with Gasteiger partial charge in [0.15, 0.2) is 5.60 Å². The van der Waals surface area contributed by atoms with Crippen LogP contribution in [-0.4, -0.2) is 59.4 Å². The van der Waals surface area contributed by atoms with E-state index in [1.807, 2.05) is 6.08 Å². The van der Waals surface area contributed by atoms with Crippen LogP contribution >= 0.6 is 0 Å². The molecule has 24 heavy (non-hydrogen) atoms. The Bertz CT molecular complexity index is 646. The Kier molecular flexibility index (Phi) is 4.36. The van der Waals surface area contributed by atoms with Gasteiger partial charge in [-0.1, -0.05) is 18.7 Å². The predicted octanol–water partition coefficient (Wildman–Crippen LogP) is 1.11. The van der Waals surface area contributed by atoms with Gasteiger partial charge in [-0.05, 0) is 31.4 Å². The second kappa shape index (κ2) is 6.18. The third kappa shape index (κ3) is 2.80. The zero-order valence-corrected chi connectivity index (χ0v) is 14.1. The molecule has 0 aromatic carbocycles. The monoisotopic (exact) mass is 333 g/mol. The minimum atomic E-state index is -1.85. The molecule has 0 spiro atoms. The highest BCUT2D eigenvalue weighted by atomic mass is 16.6. The third-order valence-electron chi connectivity index (χ3n) is 5.14. The Morgan fingerprint density at radius 2 is 2.21 bits per heavy atom. The van der Waals surface area contributed by atoms with Gasteiger partial charge in [-0.25, -0.2) is 9.59 Å². The lowest BCUT2D eigenvalue weighted by Gasteiger charge is -2.28. The Balaban J connectivity index is 1.92. The molecule has 3 atom stereocenters. The fourth-order valence-corrected chi connectivity index (χ4v) is 3.47. The molecule has 3 heterocycles. The van der Waals surface area contributed by atoms with Crippen LogP contribution in [0.5, 0.6) is 0 Å². The summed E-state index contributed by atoms with van der Waals surface area (Å²) in [5.41, 5.74) is -0.330. The number of allylic oxidation sites excluding steroid dienone is 1. The largest absolute Gasteiger partial charge is 0.459 e. The average Bonchev–Trinajstić information content (AvgIpc) is 3.12. The molecule has 0 aromatic heterocycles. The number of carbonyl (C=O) groups excluding carboxylic acids is 2. The van der Waals surface area contributed by atoms with E-state index in [0.29, 0.717) is 5.57 Å². The highest BCUT2D eigenvalue weighted by molar-refractivity contribution is 5.90. The Labute approximate surface area is 141 Å². The van der Waals surface area contributed by atoms with E-state index in [2.05, 4.69) is 11.5 Å². The summed E-state index contributed by atoms with van der Waals surface area (Å²) in [7, 11) is 0. The third-order valence-corrected chi connectivity index (χ3v) is 5.14. The van der Waals surface area contributed by atoms with Crippen molar-refractivity contribution >= 4 is 11.9 Å². The smallest absolute Gasteiger partial charge is 0.342 e. The van der Waals surface area contributed by atoms with Crippen LogP contribution in [0.25, 0.3) is 0 Å². The van der Waals surface area contributed by atoms with E-state index in [0.717, 1.165) is 25.1 Å². The van der Waals surface area contributed by atoms with E-state index in [1.54, 1.807) is 13.0 Å². The van der Waals surface area contributed by atoms with Crippen LogP contribution in [-0.2, 0) is 19.1 Å². The number of hydrogen-bond acceptors (Lipinski definition) is 6.